The van der Waals surface area contributed by atoms with Crippen molar-refractivity contribution in [1.29, 1.82) is 0 Å². The molecule has 0 radical (unpaired) electrons. The van der Waals surface area contributed by atoms with E-state index in [4.69, 9.17) is 0 Å². The van der Waals surface area contributed by atoms with Gasteiger partial charge in [-0.3, -0.25) is 9.48 Å². The molecule has 5 heteroatoms. The third-order valence-electron chi connectivity index (χ3n) is 3.65. The van der Waals surface area contributed by atoms with Gasteiger partial charge < -0.3 is 5.32 Å². The van der Waals surface area contributed by atoms with Crippen molar-refractivity contribution in [2.45, 2.75) is 19.8 Å². The van der Waals surface area contributed by atoms with Gasteiger partial charge in [-0.1, -0.05) is 6.08 Å². The summed E-state index contributed by atoms with van der Waals surface area (Å²) in [6.07, 6.45) is 5.40. The first-order chi connectivity index (χ1) is 9.56. The Balaban J connectivity index is 2.08. The van der Waals surface area contributed by atoms with Gasteiger partial charge in [-0.25, -0.2) is 4.39 Å². The highest BCUT2D eigenvalue weighted by atomic mass is 19.1. The van der Waals surface area contributed by atoms with Crippen molar-refractivity contribution in [1.82, 2.24) is 15.1 Å². The summed E-state index contributed by atoms with van der Waals surface area (Å²) in [6.45, 7) is 1.96. The molecule has 104 valence electrons. The molecule has 0 atom stereocenters. The Kier molecular flexibility index (Phi) is 3.04. The second-order valence-corrected chi connectivity index (χ2v) is 5.11. The van der Waals surface area contributed by atoms with Crippen LogP contribution in [0.4, 0.5) is 4.39 Å². The Hall–Kier alpha value is -2.17. The van der Waals surface area contributed by atoms with Crippen LogP contribution in [0.2, 0.25) is 0 Å². The fraction of sp³-hybridized carbons (Fsp3) is 0.333. The molecule has 0 bridgehead atoms. The minimum atomic E-state index is -0.186. The molecule has 1 aromatic heterocycles. The normalized spacial score (nSPS) is 15.8. The van der Waals surface area contributed by atoms with E-state index < -0.39 is 0 Å². The number of carbonyl (C=O) groups excluding carboxylic acids is 1. The zero-order valence-electron chi connectivity index (χ0n) is 11.5. The number of nitrogens with one attached hydrogen (secondary N) is 1. The molecule has 3 rings (SSSR count). The lowest BCUT2D eigenvalue weighted by Crippen LogP contribution is -2.19. The van der Waals surface area contributed by atoms with Crippen LogP contribution in [0.1, 0.15) is 24.5 Å². The zero-order valence-corrected chi connectivity index (χ0v) is 11.5. The molecule has 1 aliphatic carbocycles. The van der Waals surface area contributed by atoms with E-state index in [0.717, 1.165) is 28.5 Å². The number of hydrogen-bond donors (Lipinski definition) is 1. The highest BCUT2D eigenvalue weighted by Gasteiger charge is 2.23. The number of aromatic nitrogens is 2. The SMILES string of the molecule is CC(=O)NCC=C1CCc2c(F)cc3nn(C)cc3c21. The minimum Gasteiger partial charge on any atom is -0.353 e. The van der Waals surface area contributed by atoms with Gasteiger partial charge >= 0.3 is 0 Å². The maximum atomic E-state index is 14.1. The molecular weight excluding hydrogens is 257 g/mol. The molecule has 1 N–H and O–H groups in total. The number of benzene rings is 1. The Labute approximate surface area is 116 Å². The third-order valence-corrected chi connectivity index (χ3v) is 3.65. The van der Waals surface area contributed by atoms with Crippen molar-refractivity contribution in [3.63, 3.8) is 0 Å². The number of amides is 1. The molecule has 20 heavy (non-hydrogen) atoms. The van der Waals surface area contributed by atoms with Gasteiger partial charge in [0, 0.05) is 38.2 Å². The van der Waals surface area contributed by atoms with Crippen LogP contribution < -0.4 is 5.32 Å². The van der Waals surface area contributed by atoms with Crippen LogP contribution in [0, 0.1) is 5.82 Å². The van der Waals surface area contributed by atoms with E-state index >= 15 is 0 Å². The van der Waals surface area contributed by atoms with E-state index in [1.165, 1.54) is 13.0 Å². The lowest BCUT2D eigenvalue weighted by molar-refractivity contribution is -0.118. The van der Waals surface area contributed by atoms with Gasteiger partial charge in [0.2, 0.25) is 5.91 Å². The summed E-state index contributed by atoms with van der Waals surface area (Å²) in [5, 5.41) is 8.00. The average Bonchev–Trinajstić information content (AvgIpc) is 2.92. The van der Waals surface area contributed by atoms with E-state index in [1.807, 2.05) is 19.3 Å². The number of fused-ring (bicyclic) bond motifs is 3. The highest BCUT2D eigenvalue weighted by Crippen LogP contribution is 2.38. The molecule has 1 aliphatic rings. The predicted molar refractivity (Wildman–Crippen MR) is 75.7 cm³/mol. The zero-order chi connectivity index (χ0) is 14.3. The van der Waals surface area contributed by atoms with Crippen molar-refractivity contribution in [2.24, 2.45) is 7.05 Å². The molecular formula is C15H16FN3O. The first-order valence-corrected chi connectivity index (χ1v) is 6.65. The summed E-state index contributed by atoms with van der Waals surface area (Å²) in [7, 11) is 1.83. The monoisotopic (exact) mass is 273 g/mol. The van der Waals surface area contributed by atoms with E-state index in [9.17, 15) is 9.18 Å². The summed E-state index contributed by atoms with van der Waals surface area (Å²) >= 11 is 0. The molecule has 0 saturated carbocycles. The van der Waals surface area contributed by atoms with Crippen molar-refractivity contribution < 1.29 is 9.18 Å². The van der Waals surface area contributed by atoms with Crippen LogP contribution >= 0.6 is 0 Å². The van der Waals surface area contributed by atoms with Crippen LogP contribution in [0.25, 0.3) is 16.5 Å². The fourth-order valence-corrected chi connectivity index (χ4v) is 2.81. The summed E-state index contributed by atoms with van der Waals surface area (Å²) in [5.41, 5.74) is 3.49. The topological polar surface area (TPSA) is 46.9 Å². The van der Waals surface area contributed by atoms with Gasteiger partial charge in [0.25, 0.3) is 0 Å². The Morgan fingerprint density at radius 3 is 3.10 bits per heavy atom. The van der Waals surface area contributed by atoms with E-state index in [1.54, 1.807) is 4.68 Å². The highest BCUT2D eigenvalue weighted by molar-refractivity contribution is 5.95. The minimum absolute atomic E-state index is 0.0640. The van der Waals surface area contributed by atoms with Crippen molar-refractivity contribution in [2.75, 3.05) is 6.54 Å². The van der Waals surface area contributed by atoms with Gasteiger partial charge in [-0.15, -0.1) is 0 Å². The molecule has 0 saturated heterocycles. The average molecular weight is 273 g/mol. The summed E-state index contributed by atoms with van der Waals surface area (Å²) < 4.78 is 15.8. The second-order valence-electron chi connectivity index (χ2n) is 5.11. The Bertz CT molecular complexity index is 730. The molecule has 4 nitrogen and oxygen atoms in total. The molecule has 0 spiro atoms. The fourth-order valence-electron chi connectivity index (χ4n) is 2.81. The lowest BCUT2D eigenvalue weighted by Gasteiger charge is -2.05. The smallest absolute Gasteiger partial charge is 0.217 e. The van der Waals surface area contributed by atoms with E-state index in [0.29, 0.717) is 18.5 Å². The Morgan fingerprint density at radius 1 is 1.55 bits per heavy atom. The van der Waals surface area contributed by atoms with Crippen LogP contribution in [0.5, 0.6) is 0 Å². The number of nitrogens with zero attached hydrogens (tertiary/aromatic N) is 2. The number of allylic oxidation sites excluding steroid dienone is 1. The molecule has 0 unspecified atom stereocenters. The quantitative estimate of drug-likeness (QED) is 0.911. The standard InChI is InChI=1S/C15H16FN3O/c1-9(20)17-6-5-10-3-4-11-13(16)7-14-12(15(10)11)8-19(2)18-14/h5,7-8H,3-4,6H2,1-2H3,(H,17,20). The molecule has 2 aromatic rings. The van der Waals surface area contributed by atoms with Gasteiger partial charge in [0.1, 0.15) is 5.82 Å². The molecule has 1 amide bonds. The number of hydrogen-bond acceptors (Lipinski definition) is 2. The van der Waals surface area contributed by atoms with Crippen molar-refractivity contribution in [3.05, 3.63) is 35.3 Å². The predicted octanol–water partition coefficient (Wildman–Crippen LogP) is 2.18. The molecule has 1 heterocycles. The molecule has 0 aliphatic heterocycles. The van der Waals surface area contributed by atoms with Crippen molar-refractivity contribution >= 4 is 22.4 Å². The van der Waals surface area contributed by atoms with E-state index in [-0.39, 0.29) is 11.7 Å². The van der Waals surface area contributed by atoms with E-state index in [2.05, 4.69) is 10.4 Å². The number of rotatable bonds is 2. The summed E-state index contributed by atoms with van der Waals surface area (Å²) in [5.74, 6) is -0.250. The van der Waals surface area contributed by atoms with Gasteiger partial charge in [-0.05, 0) is 29.5 Å². The van der Waals surface area contributed by atoms with Gasteiger partial charge in [0.15, 0.2) is 0 Å². The first-order valence-electron chi connectivity index (χ1n) is 6.65. The van der Waals surface area contributed by atoms with Crippen molar-refractivity contribution in [3.8, 4) is 0 Å². The third kappa shape index (κ3) is 2.09. The maximum absolute atomic E-state index is 14.1. The first kappa shape index (κ1) is 12.8. The van der Waals surface area contributed by atoms with Crippen LogP contribution in [-0.4, -0.2) is 22.2 Å². The van der Waals surface area contributed by atoms with Crippen LogP contribution in [0.15, 0.2) is 18.3 Å². The van der Waals surface area contributed by atoms with Gasteiger partial charge in [-0.2, -0.15) is 5.10 Å². The number of aryl methyl sites for hydroxylation is 1. The van der Waals surface area contributed by atoms with Gasteiger partial charge in [0.05, 0.1) is 5.52 Å². The number of halogens is 1. The molecule has 0 fully saturated rings. The largest absolute Gasteiger partial charge is 0.353 e. The summed E-state index contributed by atoms with van der Waals surface area (Å²) in [6, 6.07) is 1.50. The number of carbonyl (C=O) groups is 1. The second kappa shape index (κ2) is 4.74. The molecule has 1 aromatic carbocycles. The van der Waals surface area contributed by atoms with Crippen LogP contribution in [-0.2, 0) is 18.3 Å². The Morgan fingerprint density at radius 2 is 2.35 bits per heavy atom. The maximum Gasteiger partial charge on any atom is 0.217 e. The lowest BCUT2D eigenvalue weighted by atomic mass is 10.0. The van der Waals surface area contributed by atoms with Crippen LogP contribution in [0.3, 0.4) is 0 Å². The summed E-state index contributed by atoms with van der Waals surface area (Å²) in [4.78, 5) is 10.9.